The fourth-order valence-electron chi connectivity index (χ4n) is 6.70. The van der Waals surface area contributed by atoms with Crippen molar-refractivity contribution in [3.63, 3.8) is 0 Å². The molecule has 3 fully saturated rings. The predicted molar refractivity (Wildman–Crippen MR) is 190 cm³/mol. The van der Waals surface area contributed by atoms with E-state index >= 15 is 0 Å². The van der Waals surface area contributed by atoms with Crippen LogP contribution >= 0.6 is 15.6 Å². The molecule has 3 aromatic rings. The van der Waals surface area contributed by atoms with Crippen LogP contribution in [0.15, 0.2) is 42.4 Å². The Labute approximate surface area is 322 Å². The van der Waals surface area contributed by atoms with Gasteiger partial charge >= 0.3 is 27.3 Å². The number of imidazole rings is 1. The maximum Gasteiger partial charge on any atom is 0.472 e. The van der Waals surface area contributed by atoms with Crippen molar-refractivity contribution < 1.29 is 71.4 Å². The highest BCUT2D eigenvalue weighted by Gasteiger charge is 2.52. The van der Waals surface area contributed by atoms with Gasteiger partial charge in [-0.1, -0.05) is 6.08 Å². The number of rotatable bonds is 15. The maximum atomic E-state index is 13.7. The molecule has 0 radical (unpaired) electrons. The first-order valence-corrected chi connectivity index (χ1v) is 20.4. The average Bonchev–Trinajstić information content (AvgIpc) is 3.82. The minimum atomic E-state index is -5.37. The Balaban J connectivity index is 1.23. The summed E-state index contributed by atoms with van der Waals surface area (Å²) < 4.78 is 59.3. The fourth-order valence-corrected chi connectivity index (χ4v) is 8.00. The van der Waals surface area contributed by atoms with Crippen LogP contribution in [0.4, 0.5) is 11.6 Å². The molecule has 25 nitrogen and oxygen atoms in total. The molecule has 0 aliphatic carbocycles. The van der Waals surface area contributed by atoms with E-state index in [1.54, 1.807) is 6.08 Å². The molecule has 0 bridgehead atoms. The Morgan fingerprint density at radius 1 is 0.982 bits per heavy atom. The molecule has 3 saturated heterocycles. The number of amides is 1. The molecular weight excluding hydrogens is 804 g/mol. The molecule has 1 amide bonds. The SMILES string of the molecule is C=CCCC(=O)N1CCCC[C@H]1C(=O)O[C@H]1[C@@H](O)[C@H](n2cnc3c(N)ncnc32)O[C@@H]1COP(=O)(O)O[C@H]1[C@@H](O)[C@H](n2ccc(N)nc2=O)O[C@@H]1COP(=O)(O)O. The van der Waals surface area contributed by atoms with Crippen LogP contribution in [0.2, 0.25) is 0 Å². The summed E-state index contributed by atoms with van der Waals surface area (Å²) in [5.74, 6) is -1.36. The third kappa shape index (κ3) is 9.57. The Kier molecular flexibility index (Phi) is 12.9. The number of nitrogens with zero attached hydrogens (tertiary/aromatic N) is 7. The average molecular weight is 846 g/mol. The number of carbonyl (C=O) groups is 2. The second kappa shape index (κ2) is 17.3. The lowest BCUT2D eigenvalue weighted by atomic mass is 10.0. The lowest BCUT2D eigenvalue weighted by Gasteiger charge is -2.35. The number of piperidine rings is 1. The quantitative estimate of drug-likeness (QED) is 0.0527. The zero-order chi connectivity index (χ0) is 41.2. The van der Waals surface area contributed by atoms with Gasteiger partial charge in [-0.2, -0.15) is 4.98 Å². The normalized spacial score (nSPS) is 29.0. The molecule has 0 aromatic carbocycles. The standard InChI is InChI=1S/C30H41N9O16P2/c1-2-3-7-19(40)37-9-5-4-6-15(37)29(43)54-23-16(52-28(21(23)41)39-14-35-20-25(32)33-13-34-26(20)39)12-51-57(48,49)55-24-17(11-50-56(45,46)47)53-27(22(24)42)38-10-8-18(31)36-30(38)44/h2,8,10,13-17,21-24,27-28,41-42H,1,3-7,9,11-12H2,(H,48,49)(H2,31,36,44)(H2,32,33,34)(H2,45,46,47)/t15-,16+,17+,21+,22+,23+,24+,27+,28+/m0/s1. The van der Waals surface area contributed by atoms with Crippen LogP contribution in [0.3, 0.4) is 0 Å². The highest BCUT2D eigenvalue weighted by Crippen LogP contribution is 2.50. The van der Waals surface area contributed by atoms with Gasteiger partial charge in [-0.15, -0.1) is 6.58 Å². The van der Waals surface area contributed by atoms with E-state index in [2.05, 4.69) is 31.0 Å². The fraction of sp³-hybridized carbons (Fsp3) is 0.567. The molecule has 3 aliphatic heterocycles. The van der Waals surface area contributed by atoms with Gasteiger partial charge < -0.3 is 55.5 Å². The van der Waals surface area contributed by atoms with Crippen LogP contribution in [-0.2, 0) is 46.5 Å². The van der Waals surface area contributed by atoms with Gasteiger partial charge in [-0.25, -0.2) is 33.7 Å². The number of likely N-dealkylation sites (tertiary alicyclic amines) is 1. The topological polar surface area (TPSA) is 359 Å². The Morgan fingerprint density at radius 2 is 1.67 bits per heavy atom. The first-order valence-electron chi connectivity index (χ1n) is 17.4. The summed E-state index contributed by atoms with van der Waals surface area (Å²) in [6.45, 7) is 1.98. The number of ether oxygens (including phenoxy) is 3. The molecule has 0 spiro atoms. The van der Waals surface area contributed by atoms with E-state index < -0.39 is 95.6 Å². The number of nitrogens with two attached hydrogens (primary N) is 2. The molecule has 312 valence electrons. The highest BCUT2D eigenvalue weighted by atomic mass is 31.2. The van der Waals surface area contributed by atoms with E-state index in [1.165, 1.54) is 21.9 Å². The van der Waals surface area contributed by atoms with Gasteiger partial charge in [0.1, 0.15) is 54.2 Å². The van der Waals surface area contributed by atoms with Crippen LogP contribution in [0.5, 0.6) is 0 Å². The lowest BCUT2D eigenvalue weighted by Crippen LogP contribution is -2.51. The second-order valence-corrected chi connectivity index (χ2v) is 15.8. The summed E-state index contributed by atoms with van der Waals surface area (Å²) in [6.07, 6.45) is -6.50. The molecular formula is C30H41N9O16P2. The number of nitrogen functional groups attached to an aromatic ring is 2. The number of fused-ring (bicyclic) bond motifs is 1. The molecule has 0 saturated carbocycles. The number of aliphatic hydroxyl groups excluding tert-OH is 2. The van der Waals surface area contributed by atoms with Crippen molar-refractivity contribution >= 4 is 50.3 Å². The van der Waals surface area contributed by atoms with Gasteiger partial charge in [0.05, 0.1) is 19.5 Å². The third-order valence-corrected chi connectivity index (χ3v) is 10.8. The molecule has 27 heteroatoms. The van der Waals surface area contributed by atoms with Crippen molar-refractivity contribution in [2.75, 3.05) is 31.2 Å². The molecule has 1 unspecified atom stereocenters. The third-order valence-electron chi connectivity index (χ3n) is 9.38. The minimum Gasteiger partial charge on any atom is -0.455 e. The van der Waals surface area contributed by atoms with E-state index in [1.807, 2.05) is 0 Å². The van der Waals surface area contributed by atoms with Gasteiger partial charge in [0.15, 0.2) is 30.0 Å². The van der Waals surface area contributed by atoms with E-state index in [0.717, 1.165) is 17.1 Å². The monoisotopic (exact) mass is 845 g/mol. The second-order valence-electron chi connectivity index (χ2n) is 13.2. The van der Waals surface area contributed by atoms with E-state index in [9.17, 15) is 48.4 Å². The zero-order valence-corrected chi connectivity index (χ0v) is 31.6. The van der Waals surface area contributed by atoms with Crippen molar-refractivity contribution in [2.24, 2.45) is 0 Å². The number of phosphoric ester groups is 2. The van der Waals surface area contributed by atoms with E-state index in [-0.39, 0.29) is 48.1 Å². The first-order chi connectivity index (χ1) is 27.0. The summed E-state index contributed by atoms with van der Waals surface area (Å²) in [7, 11) is -10.5. The van der Waals surface area contributed by atoms with Crippen LogP contribution < -0.4 is 17.2 Å². The Morgan fingerprint density at radius 3 is 2.37 bits per heavy atom. The number of hydrogen-bond acceptors (Lipinski definition) is 19. The Bertz CT molecular complexity index is 2120. The van der Waals surface area contributed by atoms with Gasteiger partial charge in [-0.3, -0.25) is 27.5 Å². The molecule has 6 rings (SSSR count). The Hall–Kier alpha value is -4.23. The number of aliphatic hydroxyl groups is 2. The van der Waals surface area contributed by atoms with Gasteiger partial charge in [0.2, 0.25) is 5.91 Å². The molecule has 10 atom stereocenters. The van der Waals surface area contributed by atoms with Gasteiger partial charge in [0.25, 0.3) is 0 Å². The number of hydrogen-bond donors (Lipinski definition) is 7. The predicted octanol–water partition coefficient (Wildman–Crippen LogP) is -1.37. The van der Waals surface area contributed by atoms with Crippen molar-refractivity contribution in [3.05, 3.63) is 48.1 Å². The van der Waals surface area contributed by atoms with Crippen LogP contribution in [0, 0.1) is 0 Å². The number of esters is 1. The van der Waals surface area contributed by atoms with Crippen LogP contribution in [0.1, 0.15) is 44.6 Å². The molecule has 57 heavy (non-hydrogen) atoms. The van der Waals surface area contributed by atoms with E-state index in [0.29, 0.717) is 19.3 Å². The number of phosphoric acid groups is 2. The summed E-state index contributed by atoms with van der Waals surface area (Å²) >= 11 is 0. The summed E-state index contributed by atoms with van der Waals surface area (Å²) in [6, 6.07) is 0.158. The van der Waals surface area contributed by atoms with Crippen molar-refractivity contribution in [1.29, 1.82) is 0 Å². The highest BCUT2D eigenvalue weighted by molar-refractivity contribution is 7.47. The zero-order valence-electron chi connectivity index (χ0n) is 29.9. The molecule has 9 N–H and O–H groups in total. The van der Waals surface area contributed by atoms with Gasteiger partial charge in [0, 0.05) is 19.2 Å². The summed E-state index contributed by atoms with van der Waals surface area (Å²) in [4.78, 5) is 85.8. The number of allylic oxidation sites excluding steroid dienone is 1. The summed E-state index contributed by atoms with van der Waals surface area (Å²) in [5.41, 5.74) is 10.7. The number of aromatic nitrogens is 6. The van der Waals surface area contributed by atoms with Crippen LogP contribution in [0.25, 0.3) is 11.2 Å². The molecule has 6 heterocycles. The maximum absolute atomic E-state index is 13.7. The first kappa shape index (κ1) is 42.4. The lowest BCUT2D eigenvalue weighted by molar-refractivity contribution is -0.167. The van der Waals surface area contributed by atoms with Gasteiger partial charge in [-0.05, 0) is 31.7 Å². The largest absolute Gasteiger partial charge is 0.472 e. The van der Waals surface area contributed by atoms with E-state index in [4.69, 9.17) is 34.7 Å². The number of anilines is 2. The van der Waals surface area contributed by atoms with Crippen molar-refractivity contribution in [2.45, 2.75) is 87.2 Å². The summed E-state index contributed by atoms with van der Waals surface area (Å²) in [5, 5.41) is 22.7. The van der Waals surface area contributed by atoms with Crippen molar-refractivity contribution in [1.82, 2.24) is 34.0 Å². The smallest absolute Gasteiger partial charge is 0.455 e. The van der Waals surface area contributed by atoms with Crippen LogP contribution in [-0.4, -0.2) is 133 Å². The minimum absolute atomic E-state index is 0.00771. The molecule has 3 aromatic heterocycles. The van der Waals surface area contributed by atoms with Crippen molar-refractivity contribution in [3.8, 4) is 0 Å². The number of carbonyl (C=O) groups excluding carboxylic acids is 2. The molecule has 3 aliphatic rings.